The Bertz CT molecular complexity index is 892. The zero-order valence-electron chi connectivity index (χ0n) is 12.4. The van der Waals surface area contributed by atoms with Crippen molar-refractivity contribution in [1.29, 1.82) is 0 Å². The quantitative estimate of drug-likeness (QED) is 0.521. The summed E-state index contributed by atoms with van der Waals surface area (Å²) in [6, 6.07) is 7.40. The van der Waals surface area contributed by atoms with Crippen LogP contribution in [0.15, 0.2) is 34.8 Å². The fourth-order valence-electron chi connectivity index (χ4n) is 2.61. The molecule has 23 heavy (non-hydrogen) atoms. The van der Waals surface area contributed by atoms with Crippen LogP contribution in [0, 0.1) is 11.6 Å². The lowest BCUT2D eigenvalue weighted by Gasteiger charge is -2.16. The van der Waals surface area contributed by atoms with E-state index in [1.54, 1.807) is 12.1 Å². The number of hydrogen-bond acceptors (Lipinski definition) is 2. The largest absolute Gasteiger partial charge is 0.206 e. The Morgan fingerprint density at radius 2 is 1.83 bits per heavy atom. The van der Waals surface area contributed by atoms with E-state index in [9.17, 15) is 8.78 Å². The molecule has 1 heterocycles. The van der Waals surface area contributed by atoms with E-state index in [1.807, 2.05) is 13.8 Å². The third-order valence-electron chi connectivity index (χ3n) is 3.62. The highest BCUT2D eigenvalue weighted by Crippen LogP contribution is 2.38. The summed E-state index contributed by atoms with van der Waals surface area (Å²) in [6.45, 7) is 3.88. The molecule has 0 unspecified atom stereocenters. The van der Waals surface area contributed by atoms with Crippen LogP contribution in [0.2, 0.25) is 5.02 Å². The first-order valence-electron chi connectivity index (χ1n) is 7.00. The lowest BCUT2D eigenvalue weighted by Crippen LogP contribution is -2.02. The Kier molecular flexibility index (Phi) is 4.34. The van der Waals surface area contributed by atoms with Crippen molar-refractivity contribution in [2.75, 3.05) is 0 Å². The van der Waals surface area contributed by atoms with Crippen LogP contribution in [0.1, 0.15) is 25.3 Å². The van der Waals surface area contributed by atoms with Crippen molar-refractivity contribution in [3.8, 4) is 11.3 Å². The van der Waals surface area contributed by atoms with Gasteiger partial charge in [0, 0.05) is 5.39 Å². The molecule has 0 spiro atoms. The van der Waals surface area contributed by atoms with E-state index in [0.29, 0.717) is 26.6 Å². The van der Waals surface area contributed by atoms with Crippen molar-refractivity contribution in [2.24, 2.45) is 0 Å². The predicted octanol–water partition coefficient (Wildman–Crippen LogP) is 6.11. The maximum atomic E-state index is 14.3. The van der Waals surface area contributed by atoms with Crippen LogP contribution >= 0.6 is 27.5 Å². The van der Waals surface area contributed by atoms with Crippen LogP contribution < -0.4 is 0 Å². The highest BCUT2D eigenvalue weighted by atomic mass is 79.9. The van der Waals surface area contributed by atoms with Gasteiger partial charge in [0.1, 0.15) is 17.3 Å². The van der Waals surface area contributed by atoms with E-state index < -0.39 is 11.6 Å². The monoisotopic (exact) mass is 396 g/mol. The maximum Gasteiger partial charge on any atom is 0.138 e. The fraction of sp³-hybridized carbons (Fsp3) is 0.176. The zero-order chi connectivity index (χ0) is 16.7. The van der Waals surface area contributed by atoms with Crippen LogP contribution in [0.5, 0.6) is 0 Å². The summed E-state index contributed by atoms with van der Waals surface area (Å²) < 4.78 is 28.6. The highest BCUT2D eigenvalue weighted by Gasteiger charge is 2.21. The van der Waals surface area contributed by atoms with Crippen LogP contribution in [0.25, 0.3) is 22.2 Å². The Morgan fingerprint density at radius 1 is 1.09 bits per heavy atom. The molecule has 0 N–H and O–H groups in total. The minimum Gasteiger partial charge on any atom is -0.206 e. The van der Waals surface area contributed by atoms with Crippen molar-refractivity contribution in [3.05, 3.63) is 57.0 Å². The molecule has 118 valence electrons. The van der Waals surface area contributed by atoms with Crippen molar-refractivity contribution in [3.63, 3.8) is 0 Å². The summed E-state index contributed by atoms with van der Waals surface area (Å²) in [7, 11) is 0. The van der Waals surface area contributed by atoms with Gasteiger partial charge in [0.15, 0.2) is 0 Å². The molecule has 3 rings (SSSR count). The van der Waals surface area contributed by atoms with Gasteiger partial charge < -0.3 is 0 Å². The molecular formula is C17H12BrClF2N2. The first-order valence-corrected chi connectivity index (χ1v) is 8.17. The lowest BCUT2D eigenvalue weighted by atomic mass is 9.93. The number of aromatic nitrogens is 2. The molecule has 0 saturated carbocycles. The molecule has 6 heteroatoms. The third-order valence-corrected chi connectivity index (χ3v) is 4.54. The van der Waals surface area contributed by atoms with Crippen molar-refractivity contribution < 1.29 is 8.78 Å². The van der Waals surface area contributed by atoms with Crippen LogP contribution in [0.3, 0.4) is 0 Å². The molecule has 1 aromatic heterocycles. The summed E-state index contributed by atoms with van der Waals surface area (Å²) in [6.07, 6.45) is 0. The van der Waals surface area contributed by atoms with Gasteiger partial charge in [-0.1, -0.05) is 31.5 Å². The lowest BCUT2D eigenvalue weighted by molar-refractivity contribution is 0.622. The molecule has 0 radical (unpaired) electrons. The van der Waals surface area contributed by atoms with Gasteiger partial charge in [-0.05, 0) is 51.7 Å². The maximum absolute atomic E-state index is 14.3. The fourth-order valence-corrected chi connectivity index (χ4v) is 3.20. The number of halogens is 4. The molecule has 0 aliphatic carbocycles. The second kappa shape index (κ2) is 6.13. The molecule has 3 aromatic rings. The van der Waals surface area contributed by atoms with Crippen molar-refractivity contribution in [1.82, 2.24) is 10.2 Å². The minimum absolute atomic E-state index is 0.0146. The molecule has 2 nitrogen and oxygen atoms in total. The predicted molar refractivity (Wildman–Crippen MR) is 91.7 cm³/mol. The zero-order valence-corrected chi connectivity index (χ0v) is 14.7. The first kappa shape index (κ1) is 16.3. The molecule has 0 fully saturated rings. The number of nitrogens with zero attached hydrogens (tertiary/aromatic N) is 2. The number of hydrogen-bond donors (Lipinski definition) is 0. The van der Waals surface area contributed by atoms with Crippen LogP contribution in [-0.2, 0) is 0 Å². The number of fused-ring (bicyclic) bond motifs is 1. The average Bonchev–Trinajstić information content (AvgIpc) is 2.48. The molecular weight excluding hydrogens is 386 g/mol. The first-order chi connectivity index (χ1) is 10.9. The third kappa shape index (κ3) is 2.83. The standard InChI is InChI=1S/C17H12BrClF2N2/c1-8(2)15-9-6-13(21)10(18)7-14(9)22-23-17(15)16-11(19)4-3-5-12(16)20/h3-8H,1-2H3. The summed E-state index contributed by atoms with van der Waals surface area (Å²) in [5, 5.41) is 9.14. The summed E-state index contributed by atoms with van der Waals surface area (Å²) in [5.74, 6) is -0.900. The van der Waals surface area contributed by atoms with Crippen LogP contribution in [-0.4, -0.2) is 10.2 Å². The molecule has 0 aliphatic heterocycles. The van der Waals surface area contributed by atoms with Gasteiger partial charge in [-0.3, -0.25) is 0 Å². The smallest absolute Gasteiger partial charge is 0.138 e. The van der Waals surface area contributed by atoms with Crippen molar-refractivity contribution in [2.45, 2.75) is 19.8 Å². The number of benzene rings is 2. The molecule has 0 aliphatic rings. The Balaban J connectivity index is 2.43. The molecule has 0 atom stereocenters. The second-order valence-electron chi connectivity index (χ2n) is 5.50. The molecule has 2 aromatic carbocycles. The van der Waals surface area contributed by atoms with Gasteiger partial charge in [-0.2, -0.15) is 0 Å². The molecule has 0 amide bonds. The van der Waals surface area contributed by atoms with Gasteiger partial charge in [-0.25, -0.2) is 8.78 Å². The van der Waals surface area contributed by atoms with Gasteiger partial charge >= 0.3 is 0 Å². The van der Waals surface area contributed by atoms with E-state index in [4.69, 9.17) is 11.6 Å². The van der Waals surface area contributed by atoms with Gasteiger partial charge in [0.05, 0.1) is 20.6 Å². The topological polar surface area (TPSA) is 25.8 Å². The Morgan fingerprint density at radius 3 is 2.48 bits per heavy atom. The van der Waals surface area contributed by atoms with Crippen molar-refractivity contribution >= 4 is 38.4 Å². The van der Waals surface area contributed by atoms with E-state index in [1.165, 1.54) is 18.2 Å². The van der Waals surface area contributed by atoms with E-state index >= 15 is 0 Å². The number of rotatable bonds is 2. The van der Waals surface area contributed by atoms with E-state index in [2.05, 4.69) is 26.1 Å². The van der Waals surface area contributed by atoms with E-state index in [-0.39, 0.29) is 16.5 Å². The summed E-state index contributed by atoms with van der Waals surface area (Å²) >= 11 is 9.30. The minimum atomic E-state index is -0.481. The Hall–Kier alpha value is -1.59. The second-order valence-corrected chi connectivity index (χ2v) is 6.76. The molecule has 0 bridgehead atoms. The summed E-state index contributed by atoms with van der Waals surface area (Å²) in [4.78, 5) is 0. The van der Waals surface area contributed by atoms with Gasteiger partial charge in [0.25, 0.3) is 0 Å². The van der Waals surface area contributed by atoms with E-state index in [0.717, 1.165) is 0 Å². The SMILES string of the molecule is CC(C)c1c(-c2c(F)cccc2Cl)nnc2cc(Br)c(F)cc12. The average molecular weight is 398 g/mol. The normalized spacial score (nSPS) is 11.4. The summed E-state index contributed by atoms with van der Waals surface area (Å²) in [5.41, 5.74) is 1.79. The Labute approximate surface area is 145 Å². The molecule has 0 saturated heterocycles. The van der Waals surface area contributed by atoms with Gasteiger partial charge in [0.2, 0.25) is 0 Å². The van der Waals surface area contributed by atoms with Crippen LogP contribution in [0.4, 0.5) is 8.78 Å². The van der Waals surface area contributed by atoms with Gasteiger partial charge in [-0.15, -0.1) is 10.2 Å². The highest BCUT2D eigenvalue weighted by molar-refractivity contribution is 9.10.